The van der Waals surface area contributed by atoms with Gasteiger partial charge in [0.05, 0.1) is 0 Å². The van der Waals surface area contributed by atoms with Crippen LogP contribution in [-0.2, 0) is 12.0 Å². The van der Waals surface area contributed by atoms with Gasteiger partial charge in [0.2, 0.25) is 0 Å². The summed E-state index contributed by atoms with van der Waals surface area (Å²) < 4.78 is 0. The highest BCUT2D eigenvalue weighted by atomic mass is 16.3. The molecule has 0 saturated carbocycles. The minimum absolute atomic E-state index is 0.0675. The summed E-state index contributed by atoms with van der Waals surface area (Å²) in [6.07, 6.45) is 0.779. The lowest BCUT2D eigenvalue weighted by Gasteiger charge is -2.39. The second-order valence-corrected chi connectivity index (χ2v) is 10.8. The molecule has 2 aliphatic rings. The number of phenolic OH excluding ortho intramolecular Hbond substituents is 2. The topological polar surface area (TPSA) is 77.8 Å². The quantitative estimate of drug-likeness (QED) is 0.418. The first kappa shape index (κ1) is 22.7. The summed E-state index contributed by atoms with van der Waals surface area (Å²) in [5.41, 5.74) is 5.82. The smallest absolute Gasteiger partial charge is 0.199 e. The van der Waals surface area contributed by atoms with Gasteiger partial charge in [-0.05, 0) is 95.7 Å². The Morgan fingerprint density at radius 3 is 2.06 bits per heavy atom. The standard InChI is InChI=1S/C30H32O4/c1-14(2)19-11-18-12-22-23(13-20(18)27-21(19)7-16(5)9-25(27)31)29(33)30(34,15(3)4)24-8-17(6)10-26(32)28(22)24/h7-10,12-15,19,31-32,34H,11H2,1-6H3/t19-,30-/m0/s1. The lowest BCUT2D eigenvalue weighted by Crippen LogP contribution is -2.44. The zero-order valence-electron chi connectivity index (χ0n) is 20.7. The molecule has 34 heavy (non-hydrogen) atoms. The normalized spacial score (nSPS) is 20.7. The molecular formula is C30H32O4. The number of fused-ring (bicyclic) bond motifs is 6. The van der Waals surface area contributed by atoms with E-state index in [4.69, 9.17) is 0 Å². The van der Waals surface area contributed by atoms with Gasteiger partial charge < -0.3 is 15.3 Å². The summed E-state index contributed by atoms with van der Waals surface area (Å²) >= 11 is 0. The number of hydrogen-bond donors (Lipinski definition) is 3. The largest absolute Gasteiger partial charge is 0.507 e. The van der Waals surface area contributed by atoms with Crippen molar-refractivity contribution in [2.45, 2.75) is 59.5 Å². The average Bonchev–Trinajstić information content (AvgIpc) is 2.74. The molecule has 0 bridgehead atoms. The van der Waals surface area contributed by atoms with Crippen LogP contribution in [-0.4, -0.2) is 21.1 Å². The third-order valence-electron chi connectivity index (χ3n) is 7.82. The van der Waals surface area contributed by atoms with Crippen molar-refractivity contribution in [3.05, 3.63) is 69.8 Å². The molecule has 0 aromatic heterocycles. The van der Waals surface area contributed by atoms with E-state index in [1.54, 1.807) is 12.1 Å². The summed E-state index contributed by atoms with van der Waals surface area (Å²) in [6, 6.07) is 11.2. The molecule has 0 spiro atoms. The van der Waals surface area contributed by atoms with Crippen LogP contribution >= 0.6 is 0 Å². The van der Waals surface area contributed by atoms with Gasteiger partial charge in [-0.3, -0.25) is 4.79 Å². The molecule has 3 aromatic rings. The number of rotatable bonds is 2. The highest BCUT2D eigenvalue weighted by Crippen LogP contribution is 2.53. The van der Waals surface area contributed by atoms with Crippen LogP contribution in [0.2, 0.25) is 0 Å². The number of hydrogen-bond acceptors (Lipinski definition) is 4. The molecule has 0 amide bonds. The van der Waals surface area contributed by atoms with Crippen molar-refractivity contribution in [2.75, 3.05) is 0 Å². The van der Waals surface area contributed by atoms with Gasteiger partial charge in [-0.2, -0.15) is 0 Å². The van der Waals surface area contributed by atoms with Gasteiger partial charge in [-0.25, -0.2) is 0 Å². The fourth-order valence-corrected chi connectivity index (χ4v) is 6.02. The van der Waals surface area contributed by atoms with Crippen LogP contribution in [0.1, 0.15) is 71.8 Å². The number of carbonyl (C=O) groups is 1. The maximum atomic E-state index is 13.9. The molecule has 3 N–H and O–H groups in total. The van der Waals surface area contributed by atoms with Crippen molar-refractivity contribution in [3.8, 4) is 33.8 Å². The van der Waals surface area contributed by atoms with Crippen LogP contribution in [0.5, 0.6) is 11.5 Å². The van der Waals surface area contributed by atoms with Gasteiger partial charge in [-0.15, -0.1) is 0 Å². The summed E-state index contributed by atoms with van der Waals surface area (Å²) in [7, 11) is 0. The van der Waals surface area contributed by atoms with E-state index in [9.17, 15) is 20.1 Å². The summed E-state index contributed by atoms with van der Waals surface area (Å²) in [5, 5.41) is 33.8. The minimum Gasteiger partial charge on any atom is -0.507 e. The highest BCUT2D eigenvalue weighted by molar-refractivity contribution is 6.14. The third kappa shape index (κ3) is 2.98. The summed E-state index contributed by atoms with van der Waals surface area (Å²) in [5.74, 6) is 0.111. The highest BCUT2D eigenvalue weighted by Gasteiger charge is 2.48. The van der Waals surface area contributed by atoms with Gasteiger partial charge in [0.1, 0.15) is 11.5 Å². The van der Waals surface area contributed by atoms with E-state index in [0.29, 0.717) is 28.2 Å². The first-order valence-corrected chi connectivity index (χ1v) is 12.1. The van der Waals surface area contributed by atoms with Gasteiger partial charge >= 0.3 is 0 Å². The van der Waals surface area contributed by atoms with Crippen LogP contribution < -0.4 is 0 Å². The molecule has 0 unspecified atom stereocenters. The number of Topliss-reactive ketones (excluding diaryl/α,β-unsaturated/α-hetero) is 1. The fraction of sp³-hybridized carbons (Fsp3) is 0.367. The number of carbonyl (C=O) groups excluding carboxylic acids is 1. The van der Waals surface area contributed by atoms with E-state index >= 15 is 0 Å². The third-order valence-corrected chi connectivity index (χ3v) is 7.82. The molecule has 0 radical (unpaired) electrons. The van der Waals surface area contributed by atoms with Crippen LogP contribution in [0, 0.1) is 25.7 Å². The minimum atomic E-state index is -1.74. The van der Waals surface area contributed by atoms with Crippen LogP contribution in [0.15, 0.2) is 36.4 Å². The van der Waals surface area contributed by atoms with Crippen LogP contribution in [0.3, 0.4) is 0 Å². The Kier molecular flexibility index (Phi) is 4.96. The Labute approximate surface area is 200 Å². The predicted octanol–water partition coefficient (Wildman–Crippen LogP) is 6.38. The molecule has 4 heteroatoms. The SMILES string of the molecule is Cc1cc(O)c2c(c1)[C@H](C(C)C)Cc1cc3c(cc1-2)C(=O)[C@](O)(C(C)C)c1cc(C)cc(O)c1-3. The summed E-state index contributed by atoms with van der Waals surface area (Å²) in [4.78, 5) is 13.9. The van der Waals surface area contributed by atoms with E-state index in [2.05, 4.69) is 19.9 Å². The first-order chi connectivity index (χ1) is 15.9. The van der Waals surface area contributed by atoms with E-state index in [-0.39, 0.29) is 23.2 Å². The Hall–Kier alpha value is -3.11. The Morgan fingerprint density at radius 1 is 0.824 bits per heavy atom. The lowest BCUT2D eigenvalue weighted by atomic mass is 9.66. The molecule has 0 saturated heterocycles. The van der Waals surface area contributed by atoms with Crippen molar-refractivity contribution in [2.24, 2.45) is 11.8 Å². The summed E-state index contributed by atoms with van der Waals surface area (Å²) in [6.45, 7) is 11.8. The Morgan fingerprint density at radius 2 is 1.44 bits per heavy atom. The second kappa shape index (κ2) is 7.44. The molecule has 5 rings (SSSR count). The zero-order chi connectivity index (χ0) is 24.7. The Bertz CT molecular complexity index is 1360. The van der Waals surface area contributed by atoms with Crippen molar-refractivity contribution in [1.29, 1.82) is 0 Å². The predicted molar refractivity (Wildman–Crippen MR) is 134 cm³/mol. The maximum Gasteiger partial charge on any atom is 0.199 e. The molecule has 2 atom stereocenters. The van der Waals surface area contributed by atoms with Crippen molar-refractivity contribution in [3.63, 3.8) is 0 Å². The van der Waals surface area contributed by atoms with Gasteiger partial charge in [0, 0.05) is 22.3 Å². The maximum absolute atomic E-state index is 13.9. The van der Waals surface area contributed by atoms with E-state index in [0.717, 1.165) is 39.8 Å². The zero-order valence-corrected chi connectivity index (χ0v) is 20.7. The van der Waals surface area contributed by atoms with Crippen LogP contribution in [0.25, 0.3) is 22.3 Å². The van der Waals surface area contributed by atoms with E-state index < -0.39 is 11.5 Å². The molecule has 2 aliphatic carbocycles. The molecule has 4 nitrogen and oxygen atoms in total. The average molecular weight is 457 g/mol. The van der Waals surface area contributed by atoms with Crippen LogP contribution in [0.4, 0.5) is 0 Å². The number of aromatic hydroxyl groups is 2. The number of phenols is 2. The van der Waals surface area contributed by atoms with Gasteiger partial charge in [0.15, 0.2) is 11.4 Å². The molecule has 176 valence electrons. The molecule has 0 fully saturated rings. The molecular weight excluding hydrogens is 424 g/mol. The monoisotopic (exact) mass is 456 g/mol. The number of ketones is 1. The van der Waals surface area contributed by atoms with Crippen molar-refractivity contribution >= 4 is 5.78 Å². The van der Waals surface area contributed by atoms with Crippen molar-refractivity contribution in [1.82, 2.24) is 0 Å². The number of benzene rings is 3. The molecule has 0 heterocycles. The fourth-order valence-electron chi connectivity index (χ4n) is 6.02. The Balaban J connectivity index is 1.87. The van der Waals surface area contributed by atoms with Gasteiger partial charge in [-0.1, -0.05) is 39.8 Å². The molecule has 0 aliphatic heterocycles. The number of aryl methyl sites for hydroxylation is 2. The number of aliphatic hydroxyl groups is 1. The van der Waals surface area contributed by atoms with E-state index in [1.165, 1.54) is 0 Å². The second-order valence-electron chi connectivity index (χ2n) is 10.8. The van der Waals surface area contributed by atoms with E-state index in [1.807, 2.05) is 45.9 Å². The molecule has 3 aromatic carbocycles. The lowest BCUT2D eigenvalue weighted by molar-refractivity contribution is 0.00244. The van der Waals surface area contributed by atoms with Gasteiger partial charge in [0.25, 0.3) is 0 Å². The van der Waals surface area contributed by atoms with Crippen molar-refractivity contribution < 1.29 is 20.1 Å². The first-order valence-electron chi connectivity index (χ1n) is 12.1.